The van der Waals surface area contributed by atoms with Crippen molar-refractivity contribution in [2.45, 2.75) is 13.8 Å². The molecule has 104 valence electrons. The van der Waals surface area contributed by atoms with E-state index in [1.807, 2.05) is 44.2 Å². The Hall–Kier alpha value is -2.80. The molecule has 0 spiro atoms. The molecule has 0 atom stereocenters. The molecule has 0 saturated carbocycles. The molecule has 0 bridgehead atoms. The summed E-state index contributed by atoms with van der Waals surface area (Å²) in [6.07, 6.45) is 1.73. The van der Waals surface area contributed by atoms with Crippen LogP contribution in [-0.2, 0) is 0 Å². The van der Waals surface area contributed by atoms with Crippen molar-refractivity contribution in [3.63, 3.8) is 0 Å². The lowest BCUT2D eigenvalue weighted by Crippen LogP contribution is -2.39. The summed E-state index contributed by atoms with van der Waals surface area (Å²) in [6.45, 7) is 7.56. The second-order valence-corrected chi connectivity index (χ2v) is 5.65. The van der Waals surface area contributed by atoms with Crippen molar-refractivity contribution >= 4 is 11.7 Å². The minimum Gasteiger partial charge on any atom is -0.343 e. The standard InChI is InChI=1S/C17H15N3O/c1-11-17(2,3)16(21)20-10-14(12-7-5-4-6-8-12)13(9-18)15(20)19-11/h4-8,10,19H,1H2,2-3H3. The number of nitriles is 1. The van der Waals surface area contributed by atoms with Gasteiger partial charge in [-0.3, -0.25) is 9.36 Å². The number of aromatic nitrogens is 1. The third-order valence-corrected chi connectivity index (χ3v) is 3.98. The fourth-order valence-corrected chi connectivity index (χ4v) is 2.47. The first-order valence-corrected chi connectivity index (χ1v) is 6.69. The monoisotopic (exact) mass is 277 g/mol. The zero-order chi connectivity index (χ0) is 15.2. The van der Waals surface area contributed by atoms with Crippen LogP contribution in [0, 0.1) is 16.7 Å². The minimum absolute atomic E-state index is 0.0834. The van der Waals surface area contributed by atoms with Gasteiger partial charge in [-0.25, -0.2) is 0 Å². The van der Waals surface area contributed by atoms with Gasteiger partial charge in [-0.05, 0) is 19.4 Å². The van der Waals surface area contributed by atoms with Crippen LogP contribution in [-0.4, -0.2) is 10.5 Å². The largest absolute Gasteiger partial charge is 0.343 e. The van der Waals surface area contributed by atoms with Crippen LogP contribution in [0.1, 0.15) is 24.2 Å². The third-order valence-electron chi connectivity index (χ3n) is 3.98. The van der Waals surface area contributed by atoms with Crippen LogP contribution in [0.2, 0.25) is 0 Å². The Balaban J connectivity index is 2.26. The van der Waals surface area contributed by atoms with Crippen molar-refractivity contribution in [3.8, 4) is 17.2 Å². The van der Waals surface area contributed by atoms with E-state index in [0.717, 1.165) is 11.1 Å². The SMILES string of the molecule is C=C1Nc2c(C#N)c(-c3ccccc3)cn2C(=O)C1(C)C. The number of fused-ring (bicyclic) bond motifs is 1. The van der Waals surface area contributed by atoms with Gasteiger partial charge < -0.3 is 5.32 Å². The van der Waals surface area contributed by atoms with Crippen molar-refractivity contribution < 1.29 is 4.79 Å². The number of anilines is 1. The predicted octanol–water partition coefficient (Wildman–Crippen LogP) is 3.63. The van der Waals surface area contributed by atoms with Crippen LogP contribution >= 0.6 is 0 Å². The number of hydrogen-bond acceptors (Lipinski definition) is 3. The van der Waals surface area contributed by atoms with Crippen molar-refractivity contribution in [3.05, 3.63) is 54.4 Å². The molecule has 3 rings (SSSR count). The average molecular weight is 277 g/mol. The Morgan fingerprint density at radius 2 is 1.95 bits per heavy atom. The number of nitrogens with zero attached hydrogens (tertiary/aromatic N) is 2. The Morgan fingerprint density at radius 1 is 1.29 bits per heavy atom. The van der Waals surface area contributed by atoms with E-state index in [-0.39, 0.29) is 5.91 Å². The van der Waals surface area contributed by atoms with Crippen LogP contribution in [0.25, 0.3) is 11.1 Å². The van der Waals surface area contributed by atoms with E-state index in [2.05, 4.69) is 18.0 Å². The molecule has 2 aromatic rings. The van der Waals surface area contributed by atoms with Crippen LogP contribution in [0.4, 0.5) is 5.82 Å². The van der Waals surface area contributed by atoms with E-state index in [4.69, 9.17) is 0 Å². The van der Waals surface area contributed by atoms with Gasteiger partial charge >= 0.3 is 0 Å². The number of carbonyl (C=O) groups is 1. The van der Waals surface area contributed by atoms with Crippen molar-refractivity contribution in [2.24, 2.45) is 5.41 Å². The van der Waals surface area contributed by atoms with E-state index in [1.54, 1.807) is 6.20 Å². The highest BCUT2D eigenvalue weighted by Crippen LogP contribution is 2.40. The number of carbonyl (C=O) groups excluding carboxylic acids is 1. The van der Waals surface area contributed by atoms with Crippen LogP contribution in [0.15, 0.2) is 48.8 Å². The Kier molecular flexibility index (Phi) is 2.74. The number of benzene rings is 1. The Bertz CT molecular complexity index is 791. The summed E-state index contributed by atoms with van der Waals surface area (Å²) in [5.74, 6) is 0.422. The molecule has 0 saturated heterocycles. The van der Waals surface area contributed by atoms with Gasteiger partial charge in [-0.1, -0.05) is 36.9 Å². The molecule has 4 nitrogen and oxygen atoms in total. The van der Waals surface area contributed by atoms with Gasteiger partial charge in [0.05, 0.1) is 5.41 Å². The van der Waals surface area contributed by atoms with Gasteiger partial charge in [0.2, 0.25) is 5.91 Å². The first-order chi connectivity index (χ1) is 9.96. The molecule has 0 fully saturated rings. The van der Waals surface area contributed by atoms with E-state index >= 15 is 0 Å². The third kappa shape index (κ3) is 1.78. The fourth-order valence-electron chi connectivity index (χ4n) is 2.47. The normalized spacial score (nSPS) is 16.0. The molecule has 1 aliphatic heterocycles. The van der Waals surface area contributed by atoms with Gasteiger partial charge in [0.15, 0.2) is 0 Å². The van der Waals surface area contributed by atoms with E-state index < -0.39 is 5.41 Å². The molecule has 1 aromatic carbocycles. The average Bonchev–Trinajstić information content (AvgIpc) is 2.84. The maximum Gasteiger partial charge on any atom is 0.243 e. The molecule has 1 aliphatic rings. The molecule has 0 amide bonds. The van der Waals surface area contributed by atoms with Gasteiger partial charge in [0.25, 0.3) is 0 Å². The van der Waals surface area contributed by atoms with E-state index in [0.29, 0.717) is 17.1 Å². The van der Waals surface area contributed by atoms with E-state index in [1.165, 1.54) is 4.57 Å². The molecule has 0 radical (unpaired) electrons. The second-order valence-electron chi connectivity index (χ2n) is 5.65. The molecule has 1 N–H and O–H groups in total. The lowest BCUT2D eigenvalue weighted by atomic mass is 9.87. The van der Waals surface area contributed by atoms with Crippen molar-refractivity contribution in [1.82, 2.24) is 4.57 Å². The van der Waals surface area contributed by atoms with Crippen molar-refractivity contribution in [1.29, 1.82) is 5.26 Å². The quantitative estimate of drug-likeness (QED) is 0.865. The topological polar surface area (TPSA) is 57.8 Å². The van der Waals surface area contributed by atoms with Gasteiger partial charge in [-0.15, -0.1) is 0 Å². The lowest BCUT2D eigenvalue weighted by Gasteiger charge is -2.32. The summed E-state index contributed by atoms with van der Waals surface area (Å²) in [4.78, 5) is 12.6. The zero-order valence-electron chi connectivity index (χ0n) is 12.0. The zero-order valence-corrected chi connectivity index (χ0v) is 12.0. The summed E-state index contributed by atoms with van der Waals surface area (Å²) in [6, 6.07) is 11.8. The molecule has 21 heavy (non-hydrogen) atoms. The van der Waals surface area contributed by atoms with Crippen molar-refractivity contribution in [2.75, 3.05) is 5.32 Å². The molecule has 1 aromatic heterocycles. The Labute approximate surface area is 123 Å². The van der Waals surface area contributed by atoms with Gasteiger partial charge in [-0.2, -0.15) is 5.26 Å². The summed E-state index contributed by atoms with van der Waals surface area (Å²) >= 11 is 0. The summed E-state index contributed by atoms with van der Waals surface area (Å²) in [5, 5.41) is 12.6. The molecule has 4 heteroatoms. The van der Waals surface area contributed by atoms with Crippen LogP contribution in [0.5, 0.6) is 0 Å². The predicted molar refractivity (Wildman–Crippen MR) is 81.8 cm³/mol. The molecule has 2 heterocycles. The minimum atomic E-state index is -0.702. The molecular formula is C17H15N3O. The summed E-state index contributed by atoms with van der Waals surface area (Å²) < 4.78 is 1.52. The number of allylic oxidation sites excluding steroid dienone is 1. The number of hydrogen-bond donors (Lipinski definition) is 1. The lowest BCUT2D eigenvalue weighted by molar-refractivity contribution is 0.0780. The van der Waals surface area contributed by atoms with E-state index in [9.17, 15) is 10.1 Å². The number of nitrogens with one attached hydrogen (secondary N) is 1. The van der Waals surface area contributed by atoms with Gasteiger partial charge in [0.1, 0.15) is 17.5 Å². The highest BCUT2D eigenvalue weighted by Gasteiger charge is 2.39. The van der Waals surface area contributed by atoms with Crippen LogP contribution < -0.4 is 5.32 Å². The molecular weight excluding hydrogens is 262 g/mol. The Morgan fingerprint density at radius 3 is 2.57 bits per heavy atom. The molecule has 0 unspecified atom stereocenters. The summed E-state index contributed by atoms with van der Waals surface area (Å²) in [5.41, 5.74) is 2.03. The fraction of sp³-hybridized carbons (Fsp3) is 0.176. The maximum atomic E-state index is 12.6. The first kappa shape index (κ1) is 13.2. The first-order valence-electron chi connectivity index (χ1n) is 6.69. The summed E-state index contributed by atoms with van der Waals surface area (Å²) in [7, 11) is 0. The molecule has 0 aliphatic carbocycles. The number of rotatable bonds is 1. The highest BCUT2D eigenvalue weighted by atomic mass is 16.2. The second kappa shape index (κ2) is 4.35. The smallest absolute Gasteiger partial charge is 0.243 e. The highest BCUT2D eigenvalue weighted by molar-refractivity contribution is 5.97. The van der Waals surface area contributed by atoms with Crippen LogP contribution in [0.3, 0.4) is 0 Å². The van der Waals surface area contributed by atoms with Gasteiger partial charge in [0, 0.05) is 17.5 Å². The maximum absolute atomic E-state index is 12.6.